The van der Waals surface area contributed by atoms with Crippen LogP contribution in [0.15, 0.2) is 224 Å². The zero-order valence-corrected chi connectivity index (χ0v) is 35.2. The summed E-state index contributed by atoms with van der Waals surface area (Å²) >= 11 is 0. The number of fused-ring (bicyclic) bond motifs is 10. The maximum atomic E-state index is 2.58. The molecule has 1 aromatic heterocycles. The molecule has 0 saturated carbocycles. The Bertz CT molecular complexity index is 3530. The SMILES string of the molecule is Cc1ccccc1N(c1ccccc1)c1cc2c(c3ccccc13)c1c3ccccc3c(N(c3ccccc3)c3ccccc3C)cc1n2-c1cc2ccccc2c2ccccc12. The Labute approximate surface area is 366 Å². The van der Waals surface area contributed by atoms with E-state index in [1.165, 1.54) is 65.0 Å². The van der Waals surface area contributed by atoms with Crippen LogP contribution < -0.4 is 9.80 Å². The Kier molecular flexibility index (Phi) is 8.62. The molecule has 3 heteroatoms. The average molecular weight is 806 g/mol. The van der Waals surface area contributed by atoms with Gasteiger partial charge in [0.2, 0.25) is 0 Å². The summed E-state index contributed by atoms with van der Waals surface area (Å²) in [6.45, 7) is 4.43. The fraction of sp³-hybridized carbons (Fsp3) is 0.0333. The molecule has 0 saturated heterocycles. The third kappa shape index (κ3) is 5.81. The van der Waals surface area contributed by atoms with Crippen molar-refractivity contribution in [2.24, 2.45) is 0 Å². The van der Waals surface area contributed by atoms with Crippen LogP contribution in [0.4, 0.5) is 34.1 Å². The Morgan fingerprint density at radius 3 is 1.17 bits per heavy atom. The first kappa shape index (κ1) is 36.7. The second-order valence-corrected chi connectivity index (χ2v) is 16.6. The van der Waals surface area contributed by atoms with E-state index in [0.29, 0.717) is 0 Å². The Balaban J connectivity index is 1.31. The van der Waals surface area contributed by atoms with E-state index in [1.807, 2.05) is 0 Å². The summed E-state index contributed by atoms with van der Waals surface area (Å²) in [5.41, 5.74) is 12.6. The molecular weight excluding hydrogens is 763 g/mol. The van der Waals surface area contributed by atoms with Crippen LogP contribution in [-0.2, 0) is 0 Å². The van der Waals surface area contributed by atoms with Gasteiger partial charge in [0.25, 0.3) is 0 Å². The number of aryl methyl sites for hydroxylation is 2. The first-order valence-electron chi connectivity index (χ1n) is 21.8. The zero-order chi connectivity index (χ0) is 42.0. The number of aromatic nitrogens is 1. The van der Waals surface area contributed by atoms with Gasteiger partial charge in [0.05, 0.1) is 28.1 Å². The molecule has 0 aliphatic carbocycles. The van der Waals surface area contributed by atoms with Gasteiger partial charge < -0.3 is 14.4 Å². The minimum absolute atomic E-state index is 1.11. The molecule has 63 heavy (non-hydrogen) atoms. The van der Waals surface area contributed by atoms with Gasteiger partial charge in [-0.25, -0.2) is 0 Å². The van der Waals surface area contributed by atoms with Crippen molar-refractivity contribution in [3.8, 4) is 5.69 Å². The topological polar surface area (TPSA) is 11.4 Å². The molecule has 0 spiro atoms. The summed E-state index contributed by atoms with van der Waals surface area (Å²) in [7, 11) is 0. The van der Waals surface area contributed by atoms with Crippen molar-refractivity contribution in [2.45, 2.75) is 13.8 Å². The smallest absolute Gasteiger partial charge is 0.0568 e. The molecule has 0 aliphatic rings. The number of anilines is 6. The van der Waals surface area contributed by atoms with Crippen molar-refractivity contribution < 1.29 is 0 Å². The summed E-state index contributed by atoms with van der Waals surface area (Å²) in [6.07, 6.45) is 0. The maximum absolute atomic E-state index is 2.58. The van der Waals surface area contributed by atoms with Crippen LogP contribution in [0, 0.1) is 13.8 Å². The van der Waals surface area contributed by atoms with E-state index in [-0.39, 0.29) is 0 Å². The molecule has 0 N–H and O–H groups in total. The third-order valence-electron chi connectivity index (χ3n) is 12.9. The van der Waals surface area contributed by atoms with Gasteiger partial charge in [-0.15, -0.1) is 0 Å². The number of hydrogen-bond acceptors (Lipinski definition) is 2. The molecule has 0 atom stereocenters. The molecule has 0 radical (unpaired) electrons. The van der Waals surface area contributed by atoms with Gasteiger partial charge in [0.15, 0.2) is 0 Å². The Morgan fingerprint density at radius 1 is 0.302 bits per heavy atom. The molecule has 12 rings (SSSR count). The van der Waals surface area contributed by atoms with Crippen LogP contribution in [0.2, 0.25) is 0 Å². The lowest BCUT2D eigenvalue weighted by Crippen LogP contribution is -2.12. The monoisotopic (exact) mass is 805 g/mol. The van der Waals surface area contributed by atoms with E-state index >= 15 is 0 Å². The third-order valence-corrected chi connectivity index (χ3v) is 12.9. The lowest BCUT2D eigenvalue weighted by atomic mass is 9.96. The number of rotatable bonds is 7. The van der Waals surface area contributed by atoms with Gasteiger partial charge >= 0.3 is 0 Å². The summed E-state index contributed by atoms with van der Waals surface area (Å²) < 4.78 is 2.58. The van der Waals surface area contributed by atoms with Gasteiger partial charge in [-0.1, -0.05) is 170 Å². The first-order chi connectivity index (χ1) is 31.1. The fourth-order valence-electron chi connectivity index (χ4n) is 10.1. The van der Waals surface area contributed by atoms with Gasteiger partial charge in [-0.3, -0.25) is 0 Å². The van der Waals surface area contributed by atoms with Crippen LogP contribution in [0.1, 0.15) is 11.1 Å². The van der Waals surface area contributed by atoms with Crippen LogP contribution in [0.3, 0.4) is 0 Å². The van der Waals surface area contributed by atoms with E-state index < -0.39 is 0 Å². The quantitative estimate of drug-likeness (QED) is 0.149. The zero-order valence-electron chi connectivity index (χ0n) is 35.2. The maximum Gasteiger partial charge on any atom is 0.0568 e. The van der Waals surface area contributed by atoms with Crippen molar-refractivity contribution in [3.63, 3.8) is 0 Å². The largest absolute Gasteiger partial charge is 0.310 e. The van der Waals surface area contributed by atoms with Gasteiger partial charge in [0.1, 0.15) is 0 Å². The molecule has 1 heterocycles. The van der Waals surface area contributed by atoms with Crippen molar-refractivity contribution >= 4 is 99.0 Å². The lowest BCUT2D eigenvalue weighted by molar-refractivity contribution is 1.19. The molecule has 11 aromatic carbocycles. The van der Waals surface area contributed by atoms with Crippen LogP contribution >= 0.6 is 0 Å². The fourth-order valence-corrected chi connectivity index (χ4v) is 10.1. The molecular formula is C60H43N3. The second kappa shape index (κ2) is 14.8. The average Bonchev–Trinajstić information content (AvgIpc) is 3.67. The minimum Gasteiger partial charge on any atom is -0.310 e. The first-order valence-corrected chi connectivity index (χ1v) is 21.8. The molecule has 3 nitrogen and oxygen atoms in total. The predicted octanol–water partition coefficient (Wildman–Crippen LogP) is 17.0. The van der Waals surface area contributed by atoms with Gasteiger partial charge in [0, 0.05) is 49.7 Å². The predicted molar refractivity (Wildman–Crippen MR) is 270 cm³/mol. The normalized spacial score (nSPS) is 11.7. The number of nitrogens with zero attached hydrogens (tertiary/aromatic N) is 3. The highest BCUT2D eigenvalue weighted by Gasteiger charge is 2.27. The van der Waals surface area contributed by atoms with Crippen molar-refractivity contribution in [1.82, 2.24) is 4.57 Å². The van der Waals surface area contributed by atoms with Crippen molar-refractivity contribution in [2.75, 3.05) is 9.80 Å². The van der Waals surface area contributed by atoms with Crippen LogP contribution in [0.5, 0.6) is 0 Å². The minimum atomic E-state index is 1.11. The van der Waals surface area contributed by atoms with E-state index in [0.717, 1.165) is 50.8 Å². The lowest BCUT2D eigenvalue weighted by Gasteiger charge is -2.28. The van der Waals surface area contributed by atoms with E-state index in [4.69, 9.17) is 0 Å². The summed E-state index contributed by atoms with van der Waals surface area (Å²) in [4.78, 5) is 4.91. The van der Waals surface area contributed by atoms with Gasteiger partial charge in [-0.2, -0.15) is 0 Å². The van der Waals surface area contributed by atoms with Crippen molar-refractivity contribution in [3.05, 3.63) is 236 Å². The highest BCUT2D eigenvalue weighted by atomic mass is 15.2. The summed E-state index contributed by atoms with van der Waals surface area (Å²) in [5, 5.41) is 12.2. The number of para-hydroxylation sites is 4. The molecule has 0 aliphatic heterocycles. The van der Waals surface area contributed by atoms with Gasteiger partial charge in [-0.05, 0) is 107 Å². The molecule has 0 bridgehead atoms. The summed E-state index contributed by atoms with van der Waals surface area (Å²) in [5.74, 6) is 0. The van der Waals surface area contributed by atoms with Crippen molar-refractivity contribution in [1.29, 1.82) is 0 Å². The summed E-state index contributed by atoms with van der Waals surface area (Å²) in [6, 6.07) is 82.3. The van der Waals surface area contributed by atoms with Crippen LogP contribution in [-0.4, -0.2) is 4.57 Å². The van der Waals surface area contributed by atoms with E-state index in [1.54, 1.807) is 0 Å². The molecule has 0 amide bonds. The molecule has 298 valence electrons. The molecule has 0 unspecified atom stereocenters. The second-order valence-electron chi connectivity index (χ2n) is 16.6. The number of hydrogen-bond donors (Lipinski definition) is 0. The Morgan fingerprint density at radius 2 is 0.683 bits per heavy atom. The highest BCUT2D eigenvalue weighted by molar-refractivity contribution is 6.32. The molecule has 12 aromatic rings. The van der Waals surface area contributed by atoms with E-state index in [2.05, 4.69) is 253 Å². The van der Waals surface area contributed by atoms with E-state index in [9.17, 15) is 0 Å². The Hall–Kier alpha value is -8.14. The number of benzene rings is 11. The van der Waals surface area contributed by atoms with Crippen LogP contribution in [0.25, 0.3) is 70.6 Å². The molecule has 0 fully saturated rings. The highest BCUT2D eigenvalue weighted by Crippen LogP contribution is 2.51. The standard InChI is InChI=1S/C60H43N3/c1-40-21-9-19-35-52(40)61(43-24-5-3-6-25-43)55-38-57-59(50-33-17-15-31-48(50)55)60-51-34-18-16-32-49(51)56(62(44-26-7-4-8-27-44)53-36-20-10-22-41(53)2)39-58(60)63(57)54-37-42-23-11-12-28-45(42)46-29-13-14-30-47(46)54/h3-39H,1-2H3.